The highest BCUT2D eigenvalue weighted by Gasteiger charge is 2.12. The van der Waals surface area contributed by atoms with Gasteiger partial charge >= 0.3 is 0 Å². The highest BCUT2D eigenvalue weighted by Crippen LogP contribution is 2.23. The van der Waals surface area contributed by atoms with Crippen LogP contribution in [0.4, 0.5) is 0 Å². The molecule has 4 rings (SSSR count). The van der Waals surface area contributed by atoms with Gasteiger partial charge in [0.25, 0.3) is 0 Å². The van der Waals surface area contributed by atoms with Crippen LogP contribution < -0.4 is 5.43 Å². The molecule has 2 heterocycles. The number of nitrogens with zero attached hydrogens (tertiary/aromatic N) is 5. The Bertz CT molecular complexity index is 1120. The van der Waals surface area contributed by atoms with Gasteiger partial charge in [-0.25, -0.2) is 9.66 Å². The van der Waals surface area contributed by atoms with Crippen LogP contribution in [0.3, 0.4) is 0 Å². The summed E-state index contributed by atoms with van der Waals surface area (Å²) in [4.78, 5) is 16.6. The fourth-order valence-corrected chi connectivity index (χ4v) is 3.47. The van der Waals surface area contributed by atoms with Gasteiger partial charge in [0.05, 0.1) is 22.5 Å². The first-order valence-corrected chi connectivity index (χ1v) is 9.49. The number of fused-ring (bicyclic) bond motifs is 1. The number of thioether (sulfide) groups is 1. The summed E-state index contributed by atoms with van der Waals surface area (Å²) in [6, 6.07) is 13.3. The minimum absolute atomic E-state index is 0.167. The Morgan fingerprint density at radius 3 is 2.93 bits per heavy atom. The Hall–Kier alpha value is -2.84. The standard InChI is InChI=1S/C18H15ClN6OS/c1-12-6-7-13(8-14(12)19)24-11-21-22-18(24)27-9-17(26)23-25-10-20-15-4-2-3-5-16(15)25/h2-8,10-11H,9H2,1H3,(H,23,26). The molecule has 0 aliphatic rings. The zero-order chi connectivity index (χ0) is 18.8. The van der Waals surface area contributed by atoms with Gasteiger partial charge in [-0.05, 0) is 36.8 Å². The smallest absolute Gasteiger partial charge is 0.249 e. The number of hydrogen-bond donors (Lipinski definition) is 1. The second-order valence-electron chi connectivity index (χ2n) is 5.84. The summed E-state index contributed by atoms with van der Waals surface area (Å²) in [6.45, 7) is 1.94. The van der Waals surface area contributed by atoms with Crippen LogP contribution in [0.25, 0.3) is 16.7 Å². The highest BCUT2D eigenvalue weighted by molar-refractivity contribution is 7.99. The van der Waals surface area contributed by atoms with E-state index in [1.807, 2.05) is 49.4 Å². The van der Waals surface area contributed by atoms with Gasteiger partial charge in [-0.15, -0.1) is 10.2 Å². The molecule has 2 aromatic heterocycles. The maximum Gasteiger partial charge on any atom is 0.249 e. The Kier molecular flexibility index (Phi) is 4.83. The molecule has 0 spiro atoms. The molecular weight excluding hydrogens is 384 g/mol. The zero-order valence-corrected chi connectivity index (χ0v) is 15.9. The van der Waals surface area contributed by atoms with Crippen molar-refractivity contribution in [1.29, 1.82) is 0 Å². The number of aryl methyl sites for hydroxylation is 1. The number of benzene rings is 2. The molecule has 0 radical (unpaired) electrons. The van der Waals surface area contributed by atoms with Crippen molar-refractivity contribution in [2.45, 2.75) is 12.1 Å². The van der Waals surface area contributed by atoms with Gasteiger partial charge in [0.15, 0.2) is 5.16 Å². The fourth-order valence-electron chi connectivity index (χ4n) is 2.58. The second-order valence-corrected chi connectivity index (χ2v) is 7.19. The molecule has 7 nitrogen and oxygen atoms in total. The second kappa shape index (κ2) is 7.42. The van der Waals surface area contributed by atoms with Crippen molar-refractivity contribution in [3.05, 3.63) is 65.7 Å². The van der Waals surface area contributed by atoms with Gasteiger partial charge in [0.1, 0.15) is 12.7 Å². The summed E-state index contributed by atoms with van der Waals surface area (Å²) >= 11 is 7.50. The van der Waals surface area contributed by atoms with Gasteiger partial charge in [0, 0.05) is 5.02 Å². The maximum atomic E-state index is 12.3. The van der Waals surface area contributed by atoms with Crippen molar-refractivity contribution in [1.82, 2.24) is 24.4 Å². The van der Waals surface area contributed by atoms with E-state index in [4.69, 9.17) is 11.6 Å². The number of amides is 1. The van der Waals surface area contributed by atoms with Gasteiger partial charge in [-0.2, -0.15) is 0 Å². The van der Waals surface area contributed by atoms with E-state index < -0.39 is 0 Å². The minimum Gasteiger partial charge on any atom is -0.277 e. The highest BCUT2D eigenvalue weighted by atomic mass is 35.5. The number of para-hydroxylation sites is 2. The molecule has 9 heteroatoms. The molecule has 0 fully saturated rings. The van der Waals surface area contributed by atoms with Crippen molar-refractivity contribution >= 4 is 40.3 Å². The lowest BCUT2D eigenvalue weighted by molar-refractivity contribution is -0.114. The molecule has 0 aliphatic heterocycles. The van der Waals surface area contributed by atoms with E-state index in [0.29, 0.717) is 10.2 Å². The van der Waals surface area contributed by atoms with E-state index in [-0.39, 0.29) is 11.7 Å². The lowest BCUT2D eigenvalue weighted by Crippen LogP contribution is -2.23. The SMILES string of the molecule is Cc1ccc(-n2cnnc2SCC(=O)Nn2cnc3ccccc32)cc1Cl. The van der Waals surface area contributed by atoms with E-state index in [1.165, 1.54) is 11.8 Å². The molecule has 1 amide bonds. The summed E-state index contributed by atoms with van der Waals surface area (Å²) in [5, 5.41) is 9.32. The number of imidazole rings is 1. The Labute approximate surface area is 164 Å². The summed E-state index contributed by atoms with van der Waals surface area (Å²) < 4.78 is 3.42. The molecule has 1 N–H and O–H groups in total. The Morgan fingerprint density at radius 2 is 2.07 bits per heavy atom. The fraction of sp³-hybridized carbons (Fsp3) is 0.111. The lowest BCUT2D eigenvalue weighted by atomic mass is 10.2. The monoisotopic (exact) mass is 398 g/mol. The molecule has 4 aromatic rings. The molecule has 0 saturated heterocycles. The average molecular weight is 399 g/mol. The van der Waals surface area contributed by atoms with Crippen molar-refractivity contribution in [2.24, 2.45) is 0 Å². The lowest BCUT2D eigenvalue weighted by Gasteiger charge is -2.09. The molecule has 0 aliphatic carbocycles. The van der Waals surface area contributed by atoms with Gasteiger partial charge in [-0.3, -0.25) is 14.8 Å². The van der Waals surface area contributed by atoms with Crippen LogP contribution in [0.15, 0.2) is 60.3 Å². The number of nitrogens with one attached hydrogen (secondary N) is 1. The first-order chi connectivity index (χ1) is 13.1. The third-order valence-electron chi connectivity index (χ3n) is 3.98. The van der Waals surface area contributed by atoms with E-state index in [1.54, 1.807) is 21.9 Å². The zero-order valence-electron chi connectivity index (χ0n) is 14.3. The third kappa shape index (κ3) is 3.67. The quantitative estimate of drug-likeness (QED) is 0.521. The maximum absolute atomic E-state index is 12.3. The summed E-state index contributed by atoms with van der Waals surface area (Å²) in [6.07, 6.45) is 3.19. The van der Waals surface area contributed by atoms with E-state index in [0.717, 1.165) is 22.3 Å². The third-order valence-corrected chi connectivity index (χ3v) is 5.33. The minimum atomic E-state index is -0.167. The molecule has 0 saturated carbocycles. The number of aromatic nitrogens is 5. The summed E-state index contributed by atoms with van der Waals surface area (Å²) in [5.74, 6) is 0.0183. The number of halogens is 1. The number of hydrogen-bond acceptors (Lipinski definition) is 5. The Morgan fingerprint density at radius 1 is 1.22 bits per heavy atom. The normalized spacial score (nSPS) is 11.0. The topological polar surface area (TPSA) is 77.6 Å². The van der Waals surface area contributed by atoms with Gasteiger partial charge in [-0.1, -0.05) is 41.6 Å². The molecule has 27 heavy (non-hydrogen) atoms. The molecule has 136 valence electrons. The van der Waals surface area contributed by atoms with Crippen molar-refractivity contribution in [3.8, 4) is 5.69 Å². The average Bonchev–Trinajstić information content (AvgIpc) is 3.30. The van der Waals surface area contributed by atoms with E-state index in [2.05, 4.69) is 20.6 Å². The van der Waals surface area contributed by atoms with Crippen LogP contribution in [0.1, 0.15) is 5.56 Å². The predicted octanol–water partition coefficient (Wildman–Crippen LogP) is 3.44. The van der Waals surface area contributed by atoms with Crippen LogP contribution in [0.5, 0.6) is 0 Å². The number of carbonyl (C=O) groups is 1. The molecule has 0 unspecified atom stereocenters. The van der Waals surface area contributed by atoms with E-state index in [9.17, 15) is 4.79 Å². The van der Waals surface area contributed by atoms with Crippen molar-refractivity contribution in [3.63, 3.8) is 0 Å². The molecule has 2 aromatic carbocycles. The van der Waals surface area contributed by atoms with Crippen molar-refractivity contribution in [2.75, 3.05) is 11.2 Å². The van der Waals surface area contributed by atoms with Crippen LogP contribution >= 0.6 is 23.4 Å². The number of carbonyl (C=O) groups excluding carboxylic acids is 1. The van der Waals surface area contributed by atoms with Crippen LogP contribution in [0, 0.1) is 6.92 Å². The van der Waals surface area contributed by atoms with Crippen LogP contribution in [-0.4, -0.2) is 36.1 Å². The first-order valence-electron chi connectivity index (χ1n) is 8.13. The van der Waals surface area contributed by atoms with Crippen LogP contribution in [-0.2, 0) is 4.79 Å². The first kappa shape index (κ1) is 17.6. The summed E-state index contributed by atoms with van der Waals surface area (Å²) in [7, 11) is 0. The van der Waals surface area contributed by atoms with Gasteiger partial charge in [0.2, 0.25) is 5.91 Å². The largest absolute Gasteiger partial charge is 0.277 e. The molecule has 0 bridgehead atoms. The van der Waals surface area contributed by atoms with Crippen molar-refractivity contribution < 1.29 is 4.79 Å². The predicted molar refractivity (Wildman–Crippen MR) is 106 cm³/mol. The molecule has 0 atom stereocenters. The summed E-state index contributed by atoms with van der Waals surface area (Å²) in [5.41, 5.74) is 6.32. The Balaban J connectivity index is 1.45. The molecular formula is C18H15ClN6OS. The van der Waals surface area contributed by atoms with E-state index >= 15 is 0 Å². The van der Waals surface area contributed by atoms with Gasteiger partial charge < -0.3 is 0 Å². The number of rotatable bonds is 5. The van der Waals surface area contributed by atoms with Crippen LogP contribution in [0.2, 0.25) is 5.02 Å².